The Bertz CT molecular complexity index is 647. The minimum atomic E-state index is -0.202. The number of nitrogens with zero attached hydrogens (tertiary/aromatic N) is 2. The van der Waals surface area contributed by atoms with Crippen molar-refractivity contribution in [1.29, 1.82) is 0 Å². The largest absolute Gasteiger partial charge is 0.357 e. The summed E-state index contributed by atoms with van der Waals surface area (Å²) in [5, 5.41) is 6.50. The zero-order chi connectivity index (χ0) is 19.6. The zero-order valence-corrected chi connectivity index (χ0v) is 16.9. The molecule has 5 nitrogen and oxygen atoms in total. The van der Waals surface area contributed by atoms with Gasteiger partial charge in [0.15, 0.2) is 5.96 Å². The molecule has 2 N–H and O–H groups in total. The fraction of sp³-hybridized carbons (Fsp3) is 0.619. The molecule has 0 spiro atoms. The van der Waals surface area contributed by atoms with Crippen LogP contribution in [0.3, 0.4) is 0 Å². The van der Waals surface area contributed by atoms with Crippen molar-refractivity contribution in [3.63, 3.8) is 0 Å². The summed E-state index contributed by atoms with van der Waals surface area (Å²) >= 11 is 0. The maximum Gasteiger partial charge on any atom is 0.224 e. The minimum Gasteiger partial charge on any atom is -0.357 e. The van der Waals surface area contributed by atoms with E-state index in [2.05, 4.69) is 22.5 Å². The molecular weight excluding hydrogens is 343 g/mol. The van der Waals surface area contributed by atoms with Crippen LogP contribution in [-0.2, 0) is 11.2 Å². The average molecular weight is 377 g/mol. The van der Waals surface area contributed by atoms with Gasteiger partial charge in [-0.3, -0.25) is 9.79 Å². The molecule has 1 aliphatic heterocycles. The smallest absolute Gasteiger partial charge is 0.224 e. The number of benzene rings is 1. The van der Waals surface area contributed by atoms with E-state index in [4.69, 9.17) is 0 Å². The van der Waals surface area contributed by atoms with Crippen LogP contribution in [0.5, 0.6) is 0 Å². The SMILES string of the molecule is CCNC(=NCCC(=O)N1CCCC(C)C1)NCCc1ccc(F)cc1C. The van der Waals surface area contributed by atoms with E-state index < -0.39 is 0 Å². The number of hydrogen-bond donors (Lipinski definition) is 2. The quantitative estimate of drug-likeness (QED) is 0.568. The summed E-state index contributed by atoms with van der Waals surface area (Å²) in [4.78, 5) is 18.8. The van der Waals surface area contributed by atoms with Gasteiger partial charge in [0.1, 0.15) is 5.82 Å². The molecule has 1 saturated heterocycles. The Morgan fingerprint density at radius 1 is 1.37 bits per heavy atom. The molecule has 6 heteroatoms. The number of carbonyl (C=O) groups excluding carboxylic acids is 1. The molecule has 1 heterocycles. The molecule has 2 rings (SSSR count). The fourth-order valence-corrected chi connectivity index (χ4v) is 3.43. The number of rotatable bonds is 7. The van der Waals surface area contributed by atoms with E-state index in [-0.39, 0.29) is 11.7 Å². The fourth-order valence-electron chi connectivity index (χ4n) is 3.43. The number of aryl methyl sites for hydroxylation is 1. The summed E-state index contributed by atoms with van der Waals surface area (Å²) in [6.07, 6.45) is 3.55. The lowest BCUT2D eigenvalue weighted by atomic mass is 10.00. The molecule has 1 fully saturated rings. The molecule has 0 bridgehead atoms. The topological polar surface area (TPSA) is 56.7 Å². The summed E-state index contributed by atoms with van der Waals surface area (Å²) in [6.45, 7) is 9.84. The molecule has 0 radical (unpaired) electrons. The van der Waals surface area contributed by atoms with E-state index in [0.717, 1.165) is 49.6 Å². The third-order valence-electron chi connectivity index (χ3n) is 4.94. The molecule has 0 aromatic heterocycles. The summed E-state index contributed by atoms with van der Waals surface area (Å²) in [7, 11) is 0. The van der Waals surface area contributed by atoms with Crippen LogP contribution in [0, 0.1) is 18.7 Å². The molecule has 150 valence electrons. The molecule has 0 aliphatic carbocycles. The Labute approximate surface area is 162 Å². The van der Waals surface area contributed by atoms with E-state index in [0.29, 0.717) is 25.4 Å². The number of carbonyl (C=O) groups is 1. The Kier molecular flexibility index (Phi) is 8.55. The van der Waals surface area contributed by atoms with Crippen molar-refractivity contribution in [3.05, 3.63) is 35.1 Å². The predicted molar refractivity (Wildman–Crippen MR) is 108 cm³/mol. The lowest BCUT2D eigenvalue weighted by molar-refractivity contribution is -0.132. The Morgan fingerprint density at radius 3 is 2.89 bits per heavy atom. The second-order valence-corrected chi connectivity index (χ2v) is 7.35. The number of halogens is 1. The molecule has 1 amide bonds. The van der Waals surface area contributed by atoms with Crippen LogP contribution in [0.25, 0.3) is 0 Å². The van der Waals surface area contributed by atoms with Gasteiger partial charge in [-0.25, -0.2) is 4.39 Å². The number of piperidine rings is 1. The maximum absolute atomic E-state index is 13.2. The second kappa shape index (κ2) is 10.9. The van der Waals surface area contributed by atoms with E-state index in [1.165, 1.54) is 12.5 Å². The van der Waals surface area contributed by atoms with Gasteiger partial charge in [-0.1, -0.05) is 13.0 Å². The van der Waals surface area contributed by atoms with Crippen molar-refractivity contribution in [3.8, 4) is 0 Å². The first-order chi connectivity index (χ1) is 13.0. The highest BCUT2D eigenvalue weighted by molar-refractivity contribution is 5.80. The van der Waals surface area contributed by atoms with Crippen LogP contribution < -0.4 is 10.6 Å². The third kappa shape index (κ3) is 7.19. The zero-order valence-electron chi connectivity index (χ0n) is 16.9. The molecular formula is C21H33FN4O. The summed E-state index contributed by atoms with van der Waals surface area (Å²) in [5.74, 6) is 1.31. The van der Waals surface area contributed by atoms with Crippen molar-refractivity contribution in [2.24, 2.45) is 10.9 Å². The first-order valence-corrected chi connectivity index (χ1v) is 10.0. The number of aliphatic imine (C=N–C) groups is 1. The third-order valence-corrected chi connectivity index (χ3v) is 4.94. The first kappa shape index (κ1) is 21.2. The van der Waals surface area contributed by atoms with Crippen LogP contribution >= 0.6 is 0 Å². The Balaban J connectivity index is 1.78. The van der Waals surface area contributed by atoms with Crippen molar-refractivity contribution in [1.82, 2.24) is 15.5 Å². The van der Waals surface area contributed by atoms with Gasteiger partial charge in [0.25, 0.3) is 0 Å². The number of guanidine groups is 1. The van der Waals surface area contributed by atoms with E-state index in [1.54, 1.807) is 6.07 Å². The van der Waals surface area contributed by atoms with Crippen molar-refractivity contribution in [2.45, 2.75) is 46.5 Å². The normalized spacial score (nSPS) is 17.7. The summed E-state index contributed by atoms with van der Waals surface area (Å²) in [5.41, 5.74) is 2.08. The van der Waals surface area contributed by atoms with Crippen LogP contribution in [0.4, 0.5) is 4.39 Å². The Hall–Kier alpha value is -2.11. The molecule has 27 heavy (non-hydrogen) atoms. The molecule has 1 aromatic carbocycles. The van der Waals surface area contributed by atoms with E-state index >= 15 is 0 Å². The van der Waals surface area contributed by atoms with Gasteiger partial charge in [0, 0.05) is 32.6 Å². The summed E-state index contributed by atoms with van der Waals surface area (Å²) < 4.78 is 13.2. The number of likely N-dealkylation sites (tertiary alicyclic amines) is 1. The lowest BCUT2D eigenvalue weighted by Crippen LogP contribution is -2.40. The maximum atomic E-state index is 13.2. The van der Waals surface area contributed by atoms with Crippen molar-refractivity contribution in [2.75, 3.05) is 32.7 Å². The van der Waals surface area contributed by atoms with Crippen molar-refractivity contribution >= 4 is 11.9 Å². The molecule has 0 saturated carbocycles. The predicted octanol–water partition coefficient (Wildman–Crippen LogP) is 2.88. The monoisotopic (exact) mass is 376 g/mol. The van der Waals surface area contributed by atoms with Gasteiger partial charge < -0.3 is 15.5 Å². The van der Waals surface area contributed by atoms with Crippen LogP contribution in [0.2, 0.25) is 0 Å². The van der Waals surface area contributed by atoms with Gasteiger partial charge in [0.05, 0.1) is 6.54 Å². The highest BCUT2D eigenvalue weighted by Crippen LogP contribution is 2.16. The van der Waals surface area contributed by atoms with Crippen molar-refractivity contribution < 1.29 is 9.18 Å². The second-order valence-electron chi connectivity index (χ2n) is 7.35. The standard InChI is InChI=1S/C21H33FN4O/c1-4-23-21(24-11-9-18-7-8-19(22)14-17(18)3)25-12-10-20(27)26-13-5-6-16(2)15-26/h7-8,14,16H,4-6,9-13,15H2,1-3H3,(H2,23,24,25). The molecule has 1 atom stereocenters. The van der Waals surface area contributed by atoms with Gasteiger partial charge in [-0.05, 0) is 62.3 Å². The van der Waals surface area contributed by atoms with Gasteiger partial charge in [0.2, 0.25) is 5.91 Å². The van der Waals surface area contributed by atoms with Gasteiger partial charge in [-0.15, -0.1) is 0 Å². The van der Waals surface area contributed by atoms with Gasteiger partial charge in [-0.2, -0.15) is 0 Å². The van der Waals surface area contributed by atoms with E-state index in [9.17, 15) is 9.18 Å². The summed E-state index contributed by atoms with van der Waals surface area (Å²) in [6, 6.07) is 4.88. The van der Waals surface area contributed by atoms with Crippen LogP contribution in [0.1, 0.15) is 44.2 Å². The number of hydrogen-bond acceptors (Lipinski definition) is 2. The first-order valence-electron chi connectivity index (χ1n) is 10.0. The minimum absolute atomic E-state index is 0.197. The highest BCUT2D eigenvalue weighted by atomic mass is 19.1. The van der Waals surface area contributed by atoms with Crippen LogP contribution in [0.15, 0.2) is 23.2 Å². The van der Waals surface area contributed by atoms with Gasteiger partial charge >= 0.3 is 0 Å². The highest BCUT2D eigenvalue weighted by Gasteiger charge is 2.20. The molecule has 1 aliphatic rings. The molecule has 1 unspecified atom stereocenters. The van der Waals surface area contributed by atoms with Crippen LogP contribution in [-0.4, -0.2) is 49.5 Å². The number of amides is 1. The number of nitrogens with one attached hydrogen (secondary N) is 2. The lowest BCUT2D eigenvalue weighted by Gasteiger charge is -2.30. The van der Waals surface area contributed by atoms with E-state index in [1.807, 2.05) is 24.8 Å². The average Bonchev–Trinajstić information content (AvgIpc) is 2.63. The Morgan fingerprint density at radius 2 is 2.19 bits per heavy atom. The molecule has 1 aromatic rings.